The molecule has 0 radical (unpaired) electrons. The van der Waals surface area contributed by atoms with Crippen molar-refractivity contribution < 1.29 is 18.7 Å². The number of amides is 2. The summed E-state index contributed by atoms with van der Waals surface area (Å²) in [4.78, 5) is 30.4. The van der Waals surface area contributed by atoms with Crippen LogP contribution in [0.2, 0.25) is 0 Å². The Morgan fingerprint density at radius 3 is 2.66 bits per heavy atom. The third-order valence-electron chi connectivity index (χ3n) is 4.88. The number of nitrogens with zero attached hydrogens (tertiary/aromatic N) is 2. The lowest BCUT2D eigenvalue weighted by Gasteiger charge is -2.33. The zero-order valence-corrected chi connectivity index (χ0v) is 17.3. The fourth-order valence-electron chi connectivity index (χ4n) is 3.35. The van der Waals surface area contributed by atoms with Gasteiger partial charge in [-0.15, -0.1) is 0 Å². The maximum absolute atomic E-state index is 12.3. The highest BCUT2D eigenvalue weighted by atomic mass is 16.6. The minimum absolute atomic E-state index is 0.0226. The van der Waals surface area contributed by atoms with Gasteiger partial charge >= 0.3 is 6.09 Å². The van der Waals surface area contributed by atoms with E-state index in [9.17, 15) is 9.59 Å². The lowest BCUT2D eigenvalue weighted by atomic mass is 9.93. The van der Waals surface area contributed by atoms with Gasteiger partial charge in [0.05, 0.1) is 12.5 Å². The average molecular weight is 399 g/mol. The molecule has 7 heteroatoms. The van der Waals surface area contributed by atoms with Gasteiger partial charge in [-0.2, -0.15) is 0 Å². The first-order valence-electron chi connectivity index (χ1n) is 10.0. The van der Waals surface area contributed by atoms with Crippen LogP contribution in [0.15, 0.2) is 41.5 Å². The monoisotopic (exact) mass is 399 g/mol. The van der Waals surface area contributed by atoms with Crippen molar-refractivity contribution in [3.8, 4) is 11.1 Å². The van der Waals surface area contributed by atoms with Crippen molar-refractivity contribution in [2.45, 2.75) is 52.2 Å². The number of hydrogen-bond donors (Lipinski definition) is 1. The van der Waals surface area contributed by atoms with E-state index in [0.717, 1.165) is 29.5 Å². The average Bonchev–Trinajstić information content (AvgIpc) is 3.21. The normalized spacial score (nSPS) is 15.2. The van der Waals surface area contributed by atoms with Crippen LogP contribution in [0.25, 0.3) is 11.1 Å². The van der Waals surface area contributed by atoms with Gasteiger partial charge < -0.3 is 19.4 Å². The number of furan rings is 1. The molecular formula is C22H29N3O4. The van der Waals surface area contributed by atoms with Crippen LogP contribution in [0, 0.1) is 5.92 Å². The number of rotatable bonds is 5. The summed E-state index contributed by atoms with van der Waals surface area (Å²) in [7, 11) is 0. The van der Waals surface area contributed by atoms with Crippen molar-refractivity contribution in [1.29, 1.82) is 0 Å². The molecule has 3 rings (SSSR count). The summed E-state index contributed by atoms with van der Waals surface area (Å²) in [5.74, 6) is 0.304. The Hall–Kier alpha value is -2.83. The molecule has 29 heavy (non-hydrogen) atoms. The first-order valence-corrected chi connectivity index (χ1v) is 10.0. The Balaban J connectivity index is 1.42. The largest absolute Gasteiger partial charge is 0.472 e. The number of ether oxygens (including phenoxy) is 1. The molecule has 2 aromatic rings. The predicted octanol–water partition coefficient (Wildman–Crippen LogP) is 4.00. The van der Waals surface area contributed by atoms with Gasteiger partial charge in [0.2, 0.25) is 5.91 Å². The number of pyridine rings is 1. The molecule has 0 aromatic carbocycles. The molecule has 0 atom stereocenters. The molecule has 1 saturated heterocycles. The Kier molecular flexibility index (Phi) is 6.56. The number of nitrogens with one attached hydrogen (secondary N) is 1. The maximum Gasteiger partial charge on any atom is 0.410 e. The van der Waals surface area contributed by atoms with E-state index in [1.807, 2.05) is 32.9 Å². The summed E-state index contributed by atoms with van der Waals surface area (Å²) < 4.78 is 10.5. The highest BCUT2D eigenvalue weighted by Gasteiger charge is 2.27. The third kappa shape index (κ3) is 6.34. The number of likely N-dealkylation sites (tertiary alicyclic amines) is 1. The predicted molar refractivity (Wildman–Crippen MR) is 109 cm³/mol. The lowest BCUT2D eigenvalue weighted by Crippen LogP contribution is -2.42. The zero-order chi connectivity index (χ0) is 20.9. The number of piperidine rings is 1. The molecule has 0 bridgehead atoms. The van der Waals surface area contributed by atoms with Gasteiger partial charge in [-0.25, -0.2) is 4.79 Å². The van der Waals surface area contributed by atoms with Crippen LogP contribution in [0.4, 0.5) is 4.79 Å². The van der Waals surface area contributed by atoms with Crippen molar-refractivity contribution in [1.82, 2.24) is 15.2 Å². The second kappa shape index (κ2) is 9.11. The van der Waals surface area contributed by atoms with E-state index >= 15 is 0 Å². The number of aromatic nitrogens is 1. The number of carbonyl (C=O) groups is 2. The van der Waals surface area contributed by atoms with Crippen molar-refractivity contribution in [3.63, 3.8) is 0 Å². The second-order valence-corrected chi connectivity index (χ2v) is 8.49. The molecule has 1 aliphatic rings. The van der Waals surface area contributed by atoms with Crippen molar-refractivity contribution in [2.24, 2.45) is 5.92 Å². The zero-order valence-electron chi connectivity index (χ0n) is 17.3. The van der Waals surface area contributed by atoms with Crippen LogP contribution in [-0.2, 0) is 16.1 Å². The second-order valence-electron chi connectivity index (χ2n) is 8.49. The smallest absolute Gasteiger partial charge is 0.410 e. The van der Waals surface area contributed by atoms with E-state index in [0.29, 0.717) is 26.1 Å². The molecule has 0 spiro atoms. The molecule has 156 valence electrons. The molecule has 2 amide bonds. The van der Waals surface area contributed by atoms with Crippen molar-refractivity contribution >= 4 is 12.0 Å². The van der Waals surface area contributed by atoms with Crippen molar-refractivity contribution in [2.75, 3.05) is 13.1 Å². The topological polar surface area (TPSA) is 84.7 Å². The maximum atomic E-state index is 12.3. The van der Waals surface area contributed by atoms with Gasteiger partial charge in [0.1, 0.15) is 5.60 Å². The minimum Gasteiger partial charge on any atom is -0.472 e. The first kappa shape index (κ1) is 20.9. The van der Waals surface area contributed by atoms with Crippen LogP contribution < -0.4 is 5.32 Å². The molecule has 0 unspecified atom stereocenters. The summed E-state index contributed by atoms with van der Waals surface area (Å²) in [6, 6.07) is 3.88. The van der Waals surface area contributed by atoms with Gasteiger partial charge in [0.25, 0.3) is 0 Å². The van der Waals surface area contributed by atoms with Crippen LogP contribution in [0.1, 0.15) is 45.6 Å². The minimum atomic E-state index is -0.489. The highest BCUT2D eigenvalue weighted by molar-refractivity contribution is 5.76. The van der Waals surface area contributed by atoms with E-state index in [1.54, 1.807) is 29.8 Å². The van der Waals surface area contributed by atoms with E-state index < -0.39 is 5.60 Å². The Bertz CT molecular complexity index is 819. The van der Waals surface area contributed by atoms with Gasteiger partial charge in [-0.1, -0.05) is 0 Å². The summed E-state index contributed by atoms with van der Waals surface area (Å²) in [5.41, 5.74) is 2.37. The molecule has 1 aliphatic heterocycles. The molecule has 2 aromatic heterocycles. The molecule has 7 nitrogen and oxygen atoms in total. The van der Waals surface area contributed by atoms with Crippen LogP contribution in [0.5, 0.6) is 0 Å². The number of carbonyl (C=O) groups excluding carboxylic acids is 2. The van der Waals surface area contributed by atoms with E-state index in [-0.39, 0.29) is 17.9 Å². The third-order valence-corrected chi connectivity index (χ3v) is 4.88. The molecule has 1 N–H and O–H groups in total. The summed E-state index contributed by atoms with van der Waals surface area (Å²) in [6.45, 7) is 7.29. The first-order chi connectivity index (χ1) is 13.8. The highest BCUT2D eigenvalue weighted by Crippen LogP contribution is 2.23. The van der Waals surface area contributed by atoms with Crippen molar-refractivity contribution in [3.05, 3.63) is 42.6 Å². The Labute approximate surface area is 171 Å². The van der Waals surface area contributed by atoms with Gasteiger partial charge in [0, 0.05) is 49.6 Å². The van der Waals surface area contributed by atoms with Crippen LogP contribution in [0.3, 0.4) is 0 Å². The summed E-state index contributed by atoms with van der Waals surface area (Å²) in [5, 5.41) is 2.98. The number of hydrogen-bond acceptors (Lipinski definition) is 5. The van der Waals surface area contributed by atoms with Crippen LogP contribution in [-0.4, -0.2) is 40.6 Å². The van der Waals surface area contributed by atoms with E-state index in [2.05, 4.69) is 10.3 Å². The molecule has 1 fully saturated rings. The molecular weight excluding hydrogens is 370 g/mol. The molecule has 0 saturated carbocycles. The van der Waals surface area contributed by atoms with Gasteiger partial charge in [0.15, 0.2) is 0 Å². The fourth-order valence-corrected chi connectivity index (χ4v) is 3.35. The van der Waals surface area contributed by atoms with Gasteiger partial charge in [-0.3, -0.25) is 9.78 Å². The SMILES string of the molecule is CC(C)(C)OC(=O)N1CCC(CC(=O)NCc2cncc(-c3ccoc3)c2)CC1. The Morgan fingerprint density at radius 1 is 1.24 bits per heavy atom. The van der Waals surface area contributed by atoms with E-state index in [4.69, 9.17) is 9.15 Å². The van der Waals surface area contributed by atoms with E-state index in [1.165, 1.54) is 0 Å². The fraction of sp³-hybridized carbons (Fsp3) is 0.500. The summed E-state index contributed by atoms with van der Waals surface area (Å²) in [6.07, 6.45) is 8.63. The van der Waals surface area contributed by atoms with Crippen LogP contribution >= 0.6 is 0 Å². The molecule has 3 heterocycles. The summed E-state index contributed by atoms with van der Waals surface area (Å²) >= 11 is 0. The quantitative estimate of drug-likeness (QED) is 0.822. The molecule has 0 aliphatic carbocycles. The Morgan fingerprint density at radius 2 is 2.00 bits per heavy atom. The lowest BCUT2D eigenvalue weighted by molar-refractivity contribution is -0.122. The van der Waals surface area contributed by atoms with Gasteiger partial charge in [-0.05, 0) is 57.2 Å². The standard InChI is InChI=1S/C22H29N3O4/c1-22(2,3)29-21(27)25-7-4-16(5-8-25)11-20(26)24-13-17-10-19(14-23-12-17)18-6-9-28-15-18/h6,9-10,12,14-16H,4-5,7-8,11,13H2,1-3H3,(H,24,26).